The quantitative estimate of drug-likeness (QED) is 0.167. The van der Waals surface area contributed by atoms with Crippen molar-refractivity contribution in [3.8, 4) is 34.1 Å². The molecular weight excluding hydrogens is 637 g/mol. The second-order valence-corrected chi connectivity index (χ2v) is 17.0. The Morgan fingerprint density at radius 3 is 2.12 bits per heavy atom. The van der Waals surface area contributed by atoms with E-state index in [1.807, 2.05) is 35.3 Å². The summed E-state index contributed by atoms with van der Waals surface area (Å²) in [4.78, 5) is 4.74. The van der Waals surface area contributed by atoms with Crippen LogP contribution in [-0.4, -0.2) is 19.3 Å². The van der Waals surface area contributed by atoms with Crippen LogP contribution in [0.3, 0.4) is 0 Å². The fourth-order valence-electron chi connectivity index (χ4n) is 7.80. The first-order valence-corrected chi connectivity index (χ1v) is 18.6. The molecule has 0 saturated heterocycles. The Labute approximate surface area is 309 Å². The average molecular weight is 689 g/mol. The molecule has 0 bridgehead atoms. The SMILES string of the molecule is Cc1ccnc(-n2c3ccccc3c3ccc(Oc4cccc(-n5cc(-c6c(C(C)C)cc(C(C)(C)C)c(C(C)(C)C)c6C(C)C)cn5)c4)cc32)c1. The molecule has 5 nitrogen and oxygen atoms in total. The Balaban J connectivity index is 1.29. The van der Waals surface area contributed by atoms with E-state index < -0.39 is 0 Å². The van der Waals surface area contributed by atoms with E-state index in [2.05, 4.69) is 154 Å². The largest absolute Gasteiger partial charge is 0.457 e. The zero-order valence-corrected chi connectivity index (χ0v) is 32.7. The van der Waals surface area contributed by atoms with Crippen molar-refractivity contribution in [3.05, 3.63) is 131 Å². The zero-order chi connectivity index (χ0) is 37.1. The number of nitrogens with zero attached hydrogens (tertiary/aromatic N) is 4. The Kier molecular flexibility index (Phi) is 8.89. The van der Waals surface area contributed by atoms with Gasteiger partial charge in [-0.1, -0.05) is 99.6 Å². The number of pyridine rings is 1. The average Bonchev–Trinajstić information content (AvgIpc) is 3.70. The van der Waals surface area contributed by atoms with Crippen LogP contribution in [0.5, 0.6) is 11.5 Å². The van der Waals surface area contributed by atoms with E-state index >= 15 is 0 Å². The standard InChI is InChI=1S/C47H52N4O/c1-29(2)38-26-39(46(6,7)8)45(47(9,10)11)43(30(3)4)44(38)32-27-49-50(28-32)33-15-14-16-34(24-33)52-35-19-20-37-36-17-12-13-18-40(36)51(41(37)25-35)42-23-31(5)21-22-48-42/h12-30H,1-11H3. The first kappa shape index (κ1) is 35.3. The fourth-order valence-corrected chi connectivity index (χ4v) is 7.80. The molecule has 52 heavy (non-hydrogen) atoms. The molecule has 4 aromatic carbocycles. The van der Waals surface area contributed by atoms with Crippen molar-refractivity contribution in [1.82, 2.24) is 19.3 Å². The lowest BCUT2D eigenvalue weighted by Gasteiger charge is -2.36. The van der Waals surface area contributed by atoms with Gasteiger partial charge in [-0.2, -0.15) is 5.10 Å². The minimum atomic E-state index is -0.0118. The van der Waals surface area contributed by atoms with E-state index in [0.717, 1.165) is 45.0 Å². The van der Waals surface area contributed by atoms with E-state index in [4.69, 9.17) is 14.8 Å². The summed E-state index contributed by atoms with van der Waals surface area (Å²) < 4.78 is 10.8. The van der Waals surface area contributed by atoms with E-state index in [-0.39, 0.29) is 10.8 Å². The molecule has 0 amide bonds. The minimum Gasteiger partial charge on any atom is -0.457 e. The van der Waals surface area contributed by atoms with Gasteiger partial charge in [0.05, 0.1) is 22.9 Å². The summed E-state index contributed by atoms with van der Waals surface area (Å²) in [6.07, 6.45) is 6.10. The van der Waals surface area contributed by atoms with Gasteiger partial charge in [-0.05, 0) is 105 Å². The van der Waals surface area contributed by atoms with E-state index in [9.17, 15) is 0 Å². The highest BCUT2D eigenvalue weighted by atomic mass is 16.5. The summed E-state index contributed by atoms with van der Waals surface area (Å²) in [7, 11) is 0. The summed E-state index contributed by atoms with van der Waals surface area (Å²) in [6, 6.07) is 29.6. The first-order chi connectivity index (χ1) is 24.6. The monoisotopic (exact) mass is 688 g/mol. The fraction of sp³-hybridized carbons (Fsp3) is 0.319. The molecule has 3 aromatic heterocycles. The Hall–Kier alpha value is -5.16. The van der Waals surface area contributed by atoms with E-state index in [0.29, 0.717) is 11.8 Å². The number of fused-ring (bicyclic) bond motifs is 3. The first-order valence-electron chi connectivity index (χ1n) is 18.6. The molecule has 0 atom stereocenters. The smallest absolute Gasteiger partial charge is 0.137 e. The van der Waals surface area contributed by atoms with Gasteiger partial charge in [0.2, 0.25) is 0 Å². The molecule has 7 aromatic rings. The van der Waals surface area contributed by atoms with Crippen LogP contribution in [0.15, 0.2) is 104 Å². The zero-order valence-electron chi connectivity index (χ0n) is 32.7. The molecule has 0 fully saturated rings. The van der Waals surface area contributed by atoms with Crippen LogP contribution in [0.25, 0.3) is 44.4 Å². The van der Waals surface area contributed by atoms with Gasteiger partial charge >= 0.3 is 0 Å². The third-order valence-corrected chi connectivity index (χ3v) is 10.1. The van der Waals surface area contributed by atoms with Crippen molar-refractivity contribution in [2.45, 2.75) is 98.8 Å². The predicted octanol–water partition coefficient (Wildman–Crippen LogP) is 13.0. The molecule has 7 rings (SSSR count). The topological polar surface area (TPSA) is 44.9 Å². The van der Waals surface area contributed by atoms with Crippen molar-refractivity contribution in [3.63, 3.8) is 0 Å². The van der Waals surface area contributed by atoms with Crippen molar-refractivity contribution < 1.29 is 4.74 Å². The Bertz CT molecular complexity index is 2430. The Morgan fingerprint density at radius 2 is 1.42 bits per heavy atom. The van der Waals surface area contributed by atoms with Crippen molar-refractivity contribution in [2.75, 3.05) is 0 Å². The molecule has 0 radical (unpaired) electrons. The summed E-state index contributed by atoms with van der Waals surface area (Å²) >= 11 is 0. The number of benzene rings is 4. The highest BCUT2D eigenvalue weighted by molar-refractivity contribution is 6.09. The van der Waals surface area contributed by atoms with Gasteiger partial charge in [-0.15, -0.1) is 0 Å². The van der Waals surface area contributed by atoms with Gasteiger partial charge in [-0.25, -0.2) is 9.67 Å². The minimum absolute atomic E-state index is 0.0118. The highest BCUT2D eigenvalue weighted by Crippen LogP contribution is 2.47. The highest BCUT2D eigenvalue weighted by Gasteiger charge is 2.33. The molecule has 0 spiro atoms. The van der Waals surface area contributed by atoms with Crippen LogP contribution in [0.2, 0.25) is 0 Å². The van der Waals surface area contributed by atoms with Crippen LogP contribution in [0.4, 0.5) is 0 Å². The number of aromatic nitrogens is 4. The van der Waals surface area contributed by atoms with Gasteiger partial charge in [0.25, 0.3) is 0 Å². The second-order valence-electron chi connectivity index (χ2n) is 17.0. The molecule has 3 heterocycles. The van der Waals surface area contributed by atoms with Gasteiger partial charge in [0.15, 0.2) is 0 Å². The molecule has 0 aliphatic rings. The molecule has 0 saturated carbocycles. The van der Waals surface area contributed by atoms with E-state index in [1.54, 1.807) is 0 Å². The third-order valence-electron chi connectivity index (χ3n) is 10.1. The lowest BCUT2D eigenvalue weighted by molar-refractivity contribution is 0.483. The maximum atomic E-state index is 6.58. The lowest BCUT2D eigenvalue weighted by Crippen LogP contribution is -2.26. The van der Waals surface area contributed by atoms with Gasteiger partial charge < -0.3 is 4.74 Å². The molecule has 0 aliphatic carbocycles. The number of hydrogen-bond donors (Lipinski definition) is 0. The summed E-state index contributed by atoms with van der Waals surface area (Å²) in [5.74, 6) is 3.12. The molecule has 5 heteroatoms. The molecule has 0 unspecified atom stereocenters. The van der Waals surface area contributed by atoms with Crippen LogP contribution in [0.1, 0.15) is 109 Å². The molecule has 266 valence electrons. The number of para-hydroxylation sites is 1. The number of aryl methyl sites for hydroxylation is 1. The number of hydrogen-bond acceptors (Lipinski definition) is 3. The molecular formula is C47H52N4O. The number of ether oxygens (including phenoxy) is 1. The van der Waals surface area contributed by atoms with Crippen molar-refractivity contribution in [1.29, 1.82) is 0 Å². The normalized spacial score (nSPS) is 12.5. The lowest BCUT2D eigenvalue weighted by atomic mass is 9.68. The molecule has 0 N–H and O–H groups in total. The third kappa shape index (κ3) is 6.42. The van der Waals surface area contributed by atoms with Gasteiger partial charge in [0.1, 0.15) is 17.3 Å². The van der Waals surface area contributed by atoms with Crippen LogP contribution < -0.4 is 4.74 Å². The van der Waals surface area contributed by atoms with Crippen LogP contribution >= 0.6 is 0 Å². The maximum absolute atomic E-state index is 6.58. The maximum Gasteiger partial charge on any atom is 0.137 e. The number of rotatable bonds is 7. The van der Waals surface area contributed by atoms with E-state index in [1.165, 1.54) is 38.8 Å². The van der Waals surface area contributed by atoms with Crippen LogP contribution in [0, 0.1) is 6.92 Å². The van der Waals surface area contributed by atoms with Gasteiger partial charge in [-0.3, -0.25) is 4.57 Å². The Morgan fingerprint density at radius 1 is 0.692 bits per heavy atom. The second kappa shape index (κ2) is 13.1. The van der Waals surface area contributed by atoms with Gasteiger partial charge in [0, 0.05) is 40.9 Å². The summed E-state index contributed by atoms with van der Waals surface area (Å²) in [6.45, 7) is 25.5. The predicted molar refractivity (Wildman–Crippen MR) is 218 cm³/mol. The van der Waals surface area contributed by atoms with Crippen molar-refractivity contribution >= 4 is 21.8 Å². The summed E-state index contributed by atoms with van der Waals surface area (Å²) in [5.41, 5.74) is 12.5. The molecule has 0 aliphatic heterocycles. The summed E-state index contributed by atoms with van der Waals surface area (Å²) in [5, 5.41) is 7.29. The van der Waals surface area contributed by atoms with Crippen LogP contribution in [-0.2, 0) is 10.8 Å². The van der Waals surface area contributed by atoms with Crippen molar-refractivity contribution in [2.24, 2.45) is 0 Å².